The second kappa shape index (κ2) is 7.90. The van der Waals surface area contributed by atoms with E-state index >= 15 is 0 Å². The van der Waals surface area contributed by atoms with Crippen molar-refractivity contribution in [1.29, 1.82) is 0 Å². The topological polar surface area (TPSA) is 92.6 Å². The molecule has 7 nitrogen and oxygen atoms in total. The third-order valence-electron chi connectivity index (χ3n) is 5.04. The summed E-state index contributed by atoms with van der Waals surface area (Å²) in [5.41, 5.74) is 1.03. The van der Waals surface area contributed by atoms with E-state index in [0.717, 1.165) is 25.7 Å². The summed E-state index contributed by atoms with van der Waals surface area (Å²) in [6.45, 7) is 5.43. The molecule has 2 aromatic rings. The second-order valence-electron chi connectivity index (χ2n) is 6.87. The van der Waals surface area contributed by atoms with Gasteiger partial charge in [-0.2, -0.15) is 4.31 Å². The number of carbonyl (C=O) groups is 1. The fourth-order valence-corrected chi connectivity index (χ4v) is 5.87. The molecule has 8 heteroatoms. The number of esters is 1. The second-order valence-corrected chi connectivity index (χ2v) is 8.69. The molecule has 27 heavy (non-hydrogen) atoms. The molecule has 1 N–H and O–H groups in total. The Morgan fingerprint density at radius 2 is 2.04 bits per heavy atom. The molecule has 0 aliphatic heterocycles. The Balaban J connectivity index is 2.02. The zero-order valence-electron chi connectivity index (χ0n) is 15.9. The van der Waals surface area contributed by atoms with Gasteiger partial charge in [-0.25, -0.2) is 13.2 Å². The van der Waals surface area contributed by atoms with Crippen molar-refractivity contribution in [3.8, 4) is 0 Å². The Hall–Kier alpha value is -2.06. The van der Waals surface area contributed by atoms with E-state index in [9.17, 15) is 13.2 Å². The largest absolute Gasteiger partial charge is 0.468 e. The van der Waals surface area contributed by atoms with Gasteiger partial charge in [0.15, 0.2) is 0 Å². The first kappa shape index (κ1) is 19.7. The number of aromatic nitrogens is 1. The maximum absolute atomic E-state index is 13.6. The van der Waals surface area contributed by atoms with Crippen LogP contribution in [0.2, 0.25) is 0 Å². The highest BCUT2D eigenvalue weighted by atomic mass is 32.2. The van der Waals surface area contributed by atoms with Crippen molar-refractivity contribution >= 4 is 16.0 Å². The van der Waals surface area contributed by atoms with E-state index in [4.69, 9.17) is 9.15 Å². The van der Waals surface area contributed by atoms with E-state index in [1.807, 2.05) is 0 Å². The van der Waals surface area contributed by atoms with Crippen LogP contribution in [0.5, 0.6) is 0 Å². The van der Waals surface area contributed by atoms with Crippen LogP contribution in [0, 0.1) is 13.8 Å². The summed E-state index contributed by atoms with van der Waals surface area (Å²) in [5.74, 6) is 0.0555. The van der Waals surface area contributed by atoms with Crippen molar-refractivity contribution in [1.82, 2.24) is 9.29 Å². The molecule has 148 valence electrons. The molecule has 2 aromatic heterocycles. The molecule has 1 aliphatic carbocycles. The fraction of sp³-hybridized carbons (Fsp3) is 0.526. The third kappa shape index (κ3) is 3.82. The van der Waals surface area contributed by atoms with Crippen LogP contribution in [0.1, 0.15) is 60.1 Å². The van der Waals surface area contributed by atoms with Gasteiger partial charge in [-0.05, 0) is 45.7 Å². The number of hydrogen-bond acceptors (Lipinski definition) is 5. The molecule has 1 fully saturated rings. The molecule has 1 aliphatic rings. The van der Waals surface area contributed by atoms with E-state index in [1.54, 1.807) is 39.2 Å². The zero-order chi connectivity index (χ0) is 19.6. The molecular formula is C19H26N2O5S. The molecule has 0 unspecified atom stereocenters. The summed E-state index contributed by atoms with van der Waals surface area (Å²) in [7, 11) is -3.82. The Labute approximate surface area is 159 Å². The molecule has 0 aromatic carbocycles. The van der Waals surface area contributed by atoms with E-state index in [1.165, 1.54) is 4.31 Å². The van der Waals surface area contributed by atoms with Crippen LogP contribution < -0.4 is 0 Å². The van der Waals surface area contributed by atoms with Crippen molar-refractivity contribution in [2.45, 2.75) is 63.9 Å². The van der Waals surface area contributed by atoms with E-state index in [0.29, 0.717) is 17.0 Å². The van der Waals surface area contributed by atoms with Crippen LogP contribution >= 0.6 is 0 Å². The number of nitrogens with one attached hydrogen (secondary N) is 1. The Kier molecular flexibility index (Phi) is 5.76. The number of ether oxygens (including phenoxy) is 1. The van der Waals surface area contributed by atoms with Gasteiger partial charge in [-0.3, -0.25) is 0 Å². The van der Waals surface area contributed by atoms with E-state index in [-0.39, 0.29) is 29.8 Å². The number of nitrogens with zero attached hydrogens (tertiary/aromatic N) is 1. The van der Waals surface area contributed by atoms with E-state index < -0.39 is 16.0 Å². The molecule has 1 saturated carbocycles. The highest BCUT2D eigenvalue weighted by Gasteiger charge is 2.37. The third-order valence-corrected chi connectivity index (χ3v) is 7.21. The SMILES string of the molecule is CCOC(=O)c1[nH]c(C)c(S(=O)(=O)N(Cc2ccco2)C2CCCC2)c1C. The van der Waals surface area contributed by atoms with Gasteiger partial charge in [0.05, 0.1) is 19.4 Å². The van der Waals surface area contributed by atoms with Crippen molar-refractivity contribution in [2.75, 3.05) is 6.61 Å². The summed E-state index contributed by atoms with van der Waals surface area (Å²) in [6, 6.07) is 3.46. The van der Waals surface area contributed by atoms with E-state index in [2.05, 4.69) is 4.98 Å². The minimum Gasteiger partial charge on any atom is -0.468 e. The number of aromatic amines is 1. The van der Waals surface area contributed by atoms with Crippen molar-refractivity contribution in [3.05, 3.63) is 41.1 Å². The Bertz CT molecular complexity index is 893. The summed E-state index contributed by atoms with van der Waals surface area (Å²) in [6.07, 6.45) is 5.21. The standard InChI is InChI=1S/C19H26N2O5S/c1-4-25-19(22)17-13(2)18(14(3)20-17)27(23,24)21(15-8-5-6-9-15)12-16-10-7-11-26-16/h7,10-11,15,20H,4-6,8-9,12H2,1-3H3. The molecular weight excluding hydrogens is 368 g/mol. The first-order chi connectivity index (χ1) is 12.9. The number of furan rings is 1. The lowest BCUT2D eigenvalue weighted by Crippen LogP contribution is -2.38. The molecule has 0 spiro atoms. The molecule has 3 rings (SSSR count). The molecule has 0 amide bonds. The highest BCUT2D eigenvalue weighted by molar-refractivity contribution is 7.89. The average molecular weight is 394 g/mol. The summed E-state index contributed by atoms with van der Waals surface area (Å²) in [4.78, 5) is 15.2. The molecule has 0 radical (unpaired) electrons. The normalized spacial score (nSPS) is 15.6. The maximum Gasteiger partial charge on any atom is 0.355 e. The predicted molar refractivity (Wildman–Crippen MR) is 99.9 cm³/mol. The number of rotatable bonds is 7. The van der Waals surface area contributed by atoms with Crippen LogP contribution in [-0.2, 0) is 21.3 Å². The Morgan fingerprint density at radius 1 is 1.33 bits per heavy atom. The monoisotopic (exact) mass is 394 g/mol. The predicted octanol–water partition coefficient (Wildman–Crippen LogP) is 3.53. The Morgan fingerprint density at radius 3 is 2.63 bits per heavy atom. The molecule has 0 atom stereocenters. The molecule has 0 saturated heterocycles. The maximum atomic E-state index is 13.6. The first-order valence-electron chi connectivity index (χ1n) is 9.26. The van der Waals surface area contributed by atoms with Crippen LogP contribution in [0.4, 0.5) is 0 Å². The van der Waals surface area contributed by atoms with Crippen LogP contribution in [0.3, 0.4) is 0 Å². The van der Waals surface area contributed by atoms with Crippen molar-refractivity contribution < 1.29 is 22.4 Å². The van der Waals surface area contributed by atoms with Gasteiger partial charge in [0.2, 0.25) is 10.0 Å². The molecule has 0 bridgehead atoms. The summed E-state index contributed by atoms with van der Waals surface area (Å²) < 4.78 is 39.2. The van der Waals surface area contributed by atoms with Gasteiger partial charge in [0.1, 0.15) is 16.3 Å². The number of hydrogen-bond donors (Lipinski definition) is 1. The number of sulfonamides is 1. The van der Waals surface area contributed by atoms with Crippen molar-refractivity contribution in [3.63, 3.8) is 0 Å². The minimum absolute atomic E-state index is 0.0696. The average Bonchev–Trinajstić information content (AvgIpc) is 3.34. The number of carbonyl (C=O) groups excluding carboxylic acids is 1. The van der Waals surface area contributed by atoms with Gasteiger partial charge in [-0.15, -0.1) is 0 Å². The minimum atomic E-state index is -3.82. The lowest BCUT2D eigenvalue weighted by Gasteiger charge is -2.27. The van der Waals surface area contributed by atoms with Crippen LogP contribution in [-0.4, -0.2) is 36.3 Å². The lowest BCUT2D eigenvalue weighted by atomic mass is 10.2. The summed E-state index contributed by atoms with van der Waals surface area (Å²) in [5, 5.41) is 0. The van der Waals surface area contributed by atoms with Gasteiger partial charge >= 0.3 is 5.97 Å². The fourth-order valence-electron chi connectivity index (χ4n) is 3.80. The highest BCUT2D eigenvalue weighted by Crippen LogP contribution is 2.33. The molecule has 2 heterocycles. The number of aryl methyl sites for hydroxylation is 1. The van der Waals surface area contributed by atoms with Gasteiger partial charge in [0.25, 0.3) is 0 Å². The van der Waals surface area contributed by atoms with Gasteiger partial charge in [0, 0.05) is 17.3 Å². The van der Waals surface area contributed by atoms with Gasteiger partial charge in [-0.1, -0.05) is 12.8 Å². The van der Waals surface area contributed by atoms with Crippen LogP contribution in [0.25, 0.3) is 0 Å². The smallest absolute Gasteiger partial charge is 0.355 e. The van der Waals surface area contributed by atoms with Gasteiger partial charge < -0.3 is 14.1 Å². The van der Waals surface area contributed by atoms with Crippen molar-refractivity contribution in [2.24, 2.45) is 0 Å². The zero-order valence-corrected chi connectivity index (χ0v) is 16.8. The lowest BCUT2D eigenvalue weighted by molar-refractivity contribution is 0.0519. The summed E-state index contributed by atoms with van der Waals surface area (Å²) >= 11 is 0. The quantitative estimate of drug-likeness (QED) is 0.725. The van der Waals surface area contributed by atoms with Crippen LogP contribution in [0.15, 0.2) is 27.7 Å². The number of H-pyrrole nitrogens is 1. The first-order valence-corrected chi connectivity index (χ1v) is 10.7.